The summed E-state index contributed by atoms with van der Waals surface area (Å²) < 4.78 is 2.10. The fraction of sp³-hybridized carbons (Fsp3) is 0.391. The van der Waals surface area contributed by atoms with Crippen LogP contribution in [0.15, 0.2) is 48.8 Å². The molecule has 7 heteroatoms. The molecule has 0 bridgehead atoms. The van der Waals surface area contributed by atoms with Crippen molar-refractivity contribution >= 4 is 22.7 Å². The standard InChI is InChI=1S/C23H28N4O3/c1-23(2,30)16-25-11-13-26(14-12-25)20-7-9-24-21-19(20)8-10-27(21)15-17-3-5-18(6-4-17)22(28)29/h3-10,30H,11-16H2,1-2H3,(H,28,29). The van der Waals surface area contributed by atoms with Crippen LogP contribution in [-0.2, 0) is 6.54 Å². The summed E-state index contributed by atoms with van der Waals surface area (Å²) in [7, 11) is 0. The molecule has 0 amide bonds. The Bertz CT molecular complexity index is 1030. The Balaban J connectivity index is 1.50. The van der Waals surface area contributed by atoms with Gasteiger partial charge in [0.15, 0.2) is 0 Å². The summed E-state index contributed by atoms with van der Waals surface area (Å²) in [5.74, 6) is -0.915. The lowest BCUT2D eigenvalue weighted by molar-refractivity contribution is 0.0345. The van der Waals surface area contributed by atoms with E-state index in [1.165, 1.54) is 5.69 Å². The number of carboxylic acid groups (broad SMARTS) is 1. The second-order valence-corrected chi connectivity index (χ2v) is 8.59. The Hall–Kier alpha value is -2.90. The fourth-order valence-corrected chi connectivity index (χ4v) is 4.12. The molecule has 0 radical (unpaired) electrons. The van der Waals surface area contributed by atoms with E-state index in [4.69, 9.17) is 5.11 Å². The van der Waals surface area contributed by atoms with E-state index < -0.39 is 11.6 Å². The van der Waals surface area contributed by atoms with E-state index in [2.05, 4.69) is 31.5 Å². The van der Waals surface area contributed by atoms with Crippen LogP contribution < -0.4 is 4.90 Å². The van der Waals surface area contributed by atoms with E-state index >= 15 is 0 Å². The molecule has 4 rings (SSSR count). The number of hydrogen-bond donors (Lipinski definition) is 2. The van der Waals surface area contributed by atoms with E-state index in [0.717, 1.165) is 42.8 Å². The van der Waals surface area contributed by atoms with Gasteiger partial charge in [0.2, 0.25) is 0 Å². The third-order valence-electron chi connectivity index (χ3n) is 5.52. The SMILES string of the molecule is CC(C)(O)CN1CCN(c2ccnc3c2ccn3Cc2ccc(C(=O)O)cc2)CC1. The zero-order valence-corrected chi connectivity index (χ0v) is 17.5. The first kappa shape index (κ1) is 20.4. The molecule has 3 heterocycles. The largest absolute Gasteiger partial charge is 0.478 e. The molecule has 1 saturated heterocycles. The number of fused-ring (bicyclic) bond motifs is 1. The van der Waals surface area contributed by atoms with Gasteiger partial charge in [0.25, 0.3) is 0 Å². The molecule has 0 atom stereocenters. The normalized spacial score (nSPS) is 15.6. The molecule has 158 valence electrons. The molecule has 1 aliphatic rings. The van der Waals surface area contributed by atoms with Crippen molar-refractivity contribution < 1.29 is 15.0 Å². The Kier molecular flexibility index (Phi) is 5.49. The van der Waals surface area contributed by atoms with Crippen molar-refractivity contribution in [1.82, 2.24) is 14.5 Å². The number of pyridine rings is 1. The summed E-state index contributed by atoms with van der Waals surface area (Å²) in [6, 6.07) is 11.1. The maximum absolute atomic E-state index is 11.0. The highest BCUT2D eigenvalue weighted by Crippen LogP contribution is 2.28. The number of anilines is 1. The average molecular weight is 409 g/mol. The lowest BCUT2D eigenvalue weighted by Crippen LogP contribution is -2.50. The first-order chi connectivity index (χ1) is 14.3. The first-order valence-corrected chi connectivity index (χ1v) is 10.3. The van der Waals surface area contributed by atoms with Gasteiger partial charge >= 0.3 is 5.97 Å². The van der Waals surface area contributed by atoms with Crippen molar-refractivity contribution in [1.29, 1.82) is 0 Å². The van der Waals surface area contributed by atoms with Gasteiger partial charge in [0, 0.05) is 62.7 Å². The van der Waals surface area contributed by atoms with Gasteiger partial charge in [-0.3, -0.25) is 4.90 Å². The fourth-order valence-electron chi connectivity index (χ4n) is 4.12. The summed E-state index contributed by atoms with van der Waals surface area (Å²) in [6.45, 7) is 8.69. The number of piperazine rings is 1. The Morgan fingerprint density at radius 3 is 2.40 bits per heavy atom. The summed E-state index contributed by atoms with van der Waals surface area (Å²) in [5, 5.41) is 20.3. The molecule has 7 nitrogen and oxygen atoms in total. The molecule has 0 unspecified atom stereocenters. The molecule has 1 aliphatic heterocycles. The minimum Gasteiger partial charge on any atom is -0.478 e. The molecule has 0 saturated carbocycles. The number of β-amino-alcohol motifs (C(OH)–C–C–N with tert-alkyl or cyclic N) is 1. The van der Waals surface area contributed by atoms with Crippen LogP contribution in [0.1, 0.15) is 29.8 Å². The summed E-state index contributed by atoms with van der Waals surface area (Å²) in [5.41, 5.74) is 2.76. The summed E-state index contributed by atoms with van der Waals surface area (Å²) in [4.78, 5) is 20.3. The van der Waals surface area contributed by atoms with Crippen LogP contribution in [0.4, 0.5) is 5.69 Å². The number of aromatic carboxylic acids is 1. The van der Waals surface area contributed by atoms with Crippen LogP contribution in [0.3, 0.4) is 0 Å². The van der Waals surface area contributed by atoms with Gasteiger partial charge in [-0.2, -0.15) is 0 Å². The van der Waals surface area contributed by atoms with Gasteiger partial charge in [0.05, 0.1) is 11.2 Å². The van der Waals surface area contributed by atoms with Crippen LogP contribution in [0.2, 0.25) is 0 Å². The Labute approximate surface area is 176 Å². The van der Waals surface area contributed by atoms with E-state index in [1.54, 1.807) is 12.1 Å². The summed E-state index contributed by atoms with van der Waals surface area (Å²) >= 11 is 0. The second-order valence-electron chi connectivity index (χ2n) is 8.59. The Morgan fingerprint density at radius 2 is 1.77 bits per heavy atom. The maximum Gasteiger partial charge on any atom is 0.335 e. The second kappa shape index (κ2) is 8.08. The van der Waals surface area contributed by atoms with Crippen molar-refractivity contribution in [3.05, 3.63) is 59.9 Å². The minimum absolute atomic E-state index is 0.292. The molecule has 3 aromatic rings. The zero-order chi connectivity index (χ0) is 21.3. The highest BCUT2D eigenvalue weighted by Gasteiger charge is 2.24. The molecular formula is C23H28N4O3. The van der Waals surface area contributed by atoms with Gasteiger partial charge in [-0.25, -0.2) is 9.78 Å². The summed E-state index contributed by atoms with van der Waals surface area (Å²) in [6.07, 6.45) is 3.89. The highest BCUT2D eigenvalue weighted by molar-refractivity contribution is 5.90. The number of carboxylic acids is 1. The number of benzene rings is 1. The Morgan fingerprint density at radius 1 is 1.07 bits per heavy atom. The van der Waals surface area contributed by atoms with E-state index in [-0.39, 0.29) is 0 Å². The first-order valence-electron chi connectivity index (χ1n) is 10.3. The molecule has 0 aliphatic carbocycles. The van der Waals surface area contributed by atoms with Gasteiger partial charge in [0.1, 0.15) is 5.65 Å². The van der Waals surface area contributed by atoms with Crippen molar-refractivity contribution in [3.8, 4) is 0 Å². The van der Waals surface area contributed by atoms with E-state index in [9.17, 15) is 9.90 Å². The molecule has 30 heavy (non-hydrogen) atoms. The topological polar surface area (TPSA) is 81.8 Å². The van der Waals surface area contributed by atoms with Gasteiger partial charge in [-0.1, -0.05) is 12.1 Å². The number of aromatic nitrogens is 2. The third kappa shape index (κ3) is 4.47. The maximum atomic E-state index is 11.0. The van der Waals surface area contributed by atoms with E-state index in [1.807, 2.05) is 38.4 Å². The minimum atomic E-state index is -0.915. The number of aliphatic hydroxyl groups is 1. The van der Waals surface area contributed by atoms with Crippen LogP contribution in [-0.4, -0.2) is 69.0 Å². The van der Waals surface area contributed by atoms with Gasteiger partial charge in [-0.15, -0.1) is 0 Å². The van der Waals surface area contributed by atoms with Crippen LogP contribution in [0, 0.1) is 0 Å². The van der Waals surface area contributed by atoms with Crippen LogP contribution >= 0.6 is 0 Å². The molecule has 2 N–H and O–H groups in total. The van der Waals surface area contributed by atoms with Crippen molar-refractivity contribution in [2.45, 2.75) is 26.0 Å². The third-order valence-corrected chi connectivity index (χ3v) is 5.52. The number of nitrogens with zero attached hydrogens (tertiary/aromatic N) is 4. The smallest absolute Gasteiger partial charge is 0.335 e. The van der Waals surface area contributed by atoms with Gasteiger partial charge < -0.3 is 19.7 Å². The lowest BCUT2D eigenvalue weighted by Gasteiger charge is -2.38. The van der Waals surface area contributed by atoms with Crippen molar-refractivity contribution in [3.63, 3.8) is 0 Å². The predicted molar refractivity (Wildman–Crippen MR) is 117 cm³/mol. The average Bonchev–Trinajstić information content (AvgIpc) is 3.11. The highest BCUT2D eigenvalue weighted by atomic mass is 16.4. The van der Waals surface area contributed by atoms with Gasteiger partial charge in [-0.05, 0) is 43.7 Å². The zero-order valence-electron chi connectivity index (χ0n) is 17.5. The van der Waals surface area contributed by atoms with Crippen LogP contribution in [0.5, 0.6) is 0 Å². The molecular weight excluding hydrogens is 380 g/mol. The quantitative estimate of drug-likeness (QED) is 0.653. The monoisotopic (exact) mass is 408 g/mol. The van der Waals surface area contributed by atoms with Crippen molar-refractivity contribution in [2.24, 2.45) is 0 Å². The lowest BCUT2D eigenvalue weighted by atomic mass is 10.1. The van der Waals surface area contributed by atoms with E-state index in [0.29, 0.717) is 18.7 Å². The van der Waals surface area contributed by atoms with Crippen molar-refractivity contribution in [2.75, 3.05) is 37.6 Å². The number of rotatable bonds is 6. The number of hydrogen-bond acceptors (Lipinski definition) is 5. The molecule has 1 fully saturated rings. The predicted octanol–water partition coefficient (Wildman–Crippen LogP) is 2.68. The molecule has 0 spiro atoms. The molecule has 1 aromatic carbocycles. The number of carbonyl (C=O) groups is 1. The van der Waals surface area contributed by atoms with Crippen LogP contribution in [0.25, 0.3) is 11.0 Å². The molecule has 2 aromatic heterocycles.